The van der Waals surface area contributed by atoms with Gasteiger partial charge in [0.25, 0.3) is 0 Å². The van der Waals surface area contributed by atoms with E-state index in [0.717, 1.165) is 61.9 Å². The Morgan fingerprint density at radius 2 is 1.96 bits per heavy atom. The zero-order valence-corrected chi connectivity index (χ0v) is 18.7. The summed E-state index contributed by atoms with van der Waals surface area (Å²) in [6.45, 7) is 2.34. The first kappa shape index (κ1) is 22.1. The minimum absolute atomic E-state index is 0. The molecule has 7 heteroatoms. The highest BCUT2D eigenvalue weighted by atomic mass is 127. The van der Waals surface area contributed by atoms with E-state index in [4.69, 9.17) is 14.2 Å². The summed E-state index contributed by atoms with van der Waals surface area (Å²) in [6, 6.07) is 6.10. The van der Waals surface area contributed by atoms with Crippen molar-refractivity contribution >= 4 is 29.9 Å². The van der Waals surface area contributed by atoms with Crippen molar-refractivity contribution in [2.45, 2.75) is 57.3 Å². The van der Waals surface area contributed by atoms with Gasteiger partial charge in [0, 0.05) is 26.7 Å². The van der Waals surface area contributed by atoms with E-state index in [9.17, 15) is 0 Å². The maximum Gasteiger partial charge on any atom is 0.191 e. The summed E-state index contributed by atoms with van der Waals surface area (Å²) in [4.78, 5) is 4.29. The molecule has 2 N–H and O–H groups in total. The molecule has 0 radical (unpaired) electrons. The normalized spacial score (nSPS) is 20.2. The predicted octanol–water partition coefficient (Wildman–Crippen LogP) is 3.48. The maximum atomic E-state index is 6.17. The molecule has 1 aliphatic heterocycles. The fourth-order valence-electron chi connectivity index (χ4n) is 3.53. The molecule has 27 heavy (non-hydrogen) atoms. The lowest BCUT2D eigenvalue weighted by molar-refractivity contribution is 0.114. The number of aliphatic imine (C=N–C) groups is 1. The number of guanidine groups is 1. The topological polar surface area (TPSA) is 64.1 Å². The van der Waals surface area contributed by atoms with Crippen LogP contribution in [0, 0.1) is 0 Å². The smallest absolute Gasteiger partial charge is 0.191 e. The Morgan fingerprint density at radius 1 is 1.15 bits per heavy atom. The average molecular weight is 489 g/mol. The summed E-state index contributed by atoms with van der Waals surface area (Å²) in [6.07, 6.45) is 7.63. The molecule has 0 aromatic heterocycles. The minimum Gasteiger partial charge on any atom is -0.493 e. The van der Waals surface area contributed by atoms with Gasteiger partial charge in [-0.05, 0) is 56.2 Å². The lowest BCUT2D eigenvalue weighted by Crippen LogP contribution is -2.40. The van der Waals surface area contributed by atoms with E-state index in [1.165, 1.54) is 12.8 Å². The first-order valence-electron chi connectivity index (χ1n) is 9.68. The van der Waals surface area contributed by atoms with Gasteiger partial charge in [-0.1, -0.05) is 6.07 Å². The van der Waals surface area contributed by atoms with Crippen molar-refractivity contribution in [3.63, 3.8) is 0 Å². The Morgan fingerprint density at radius 3 is 2.63 bits per heavy atom. The molecule has 6 nitrogen and oxygen atoms in total. The van der Waals surface area contributed by atoms with Crippen LogP contribution < -0.4 is 20.1 Å². The number of hydrogen-bond donors (Lipinski definition) is 2. The summed E-state index contributed by atoms with van der Waals surface area (Å²) < 4.78 is 17.3. The maximum absolute atomic E-state index is 6.17. The second-order valence-electron chi connectivity index (χ2n) is 6.95. The first-order valence-corrected chi connectivity index (χ1v) is 9.68. The average Bonchev–Trinajstić information content (AvgIpc) is 3.36. The third-order valence-corrected chi connectivity index (χ3v) is 5.03. The third kappa shape index (κ3) is 6.71. The van der Waals surface area contributed by atoms with Crippen LogP contribution >= 0.6 is 24.0 Å². The van der Waals surface area contributed by atoms with E-state index < -0.39 is 0 Å². The fourth-order valence-corrected chi connectivity index (χ4v) is 3.53. The van der Waals surface area contributed by atoms with Crippen LogP contribution in [0.1, 0.15) is 44.1 Å². The predicted molar refractivity (Wildman–Crippen MR) is 118 cm³/mol. The van der Waals surface area contributed by atoms with Crippen molar-refractivity contribution in [3.05, 3.63) is 23.8 Å². The highest BCUT2D eigenvalue weighted by molar-refractivity contribution is 14.0. The molecule has 0 amide bonds. The van der Waals surface area contributed by atoms with Gasteiger partial charge in [-0.3, -0.25) is 4.99 Å². The first-order chi connectivity index (χ1) is 12.8. The minimum atomic E-state index is 0. The highest BCUT2D eigenvalue weighted by Crippen LogP contribution is 2.32. The third-order valence-electron chi connectivity index (χ3n) is 5.03. The molecular formula is C20H32IN3O3. The highest BCUT2D eigenvalue weighted by Gasteiger charge is 2.19. The Bertz CT molecular complexity index is 600. The van der Waals surface area contributed by atoms with Gasteiger partial charge < -0.3 is 24.8 Å². The molecule has 3 rings (SSSR count). The molecule has 1 saturated heterocycles. The van der Waals surface area contributed by atoms with Gasteiger partial charge in [0.05, 0.1) is 19.3 Å². The molecule has 1 aliphatic carbocycles. The molecule has 2 aliphatic rings. The molecule has 2 fully saturated rings. The lowest BCUT2D eigenvalue weighted by atomic mass is 10.2. The Balaban J connectivity index is 0.00000261. The quantitative estimate of drug-likeness (QED) is 0.349. The van der Waals surface area contributed by atoms with E-state index in [1.54, 1.807) is 14.2 Å². The molecule has 1 aromatic carbocycles. The Hall–Kier alpha value is -1.22. The number of rotatable bonds is 7. The Kier molecular flexibility index (Phi) is 9.47. The van der Waals surface area contributed by atoms with E-state index in [1.807, 2.05) is 6.07 Å². The van der Waals surface area contributed by atoms with Crippen molar-refractivity contribution in [1.82, 2.24) is 10.6 Å². The van der Waals surface area contributed by atoms with Gasteiger partial charge in [0.2, 0.25) is 0 Å². The van der Waals surface area contributed by atoms with E-state index in [2.05, 4.69) is 27.8 Å². The summed E-state index contributed by atoms with van der Waals surface area (Å²) in [5, 5.41) is 6.69. The van der Waals surface area contributed by atoms with Crippen molar-refractivity contribution in [3.8, 4) is 11.5 Å². The van der Waals surface area contributed by atoms with Crippen LogP contribution in [0.15, 0.2) is 23.2 Å². The molecule has 1 heterocycles. The number of ether oxygens (including phenoxy) is 3. The van der Waals surface area contributed by atoms with Crippen molar-refractivity contribution < 1.29 is 14.2 Å². The van der Waals surface area contributed by atoms with Crippen LogP contribution in [-0.2, 0) is 11.3 Å². The molecule has 1 unspecified atom stereocenters. The van der Waals surface area contributed by atoms with Crippen LogP contribution in [0.3, 0.4) is 0 Å². The van der Waals surface area contributed by atoms with Gasteiger partial charge in [-0.2, -0.15) is 0 Å². The van der Waals surface area contributed by atoms with Crippen LogP contribution in [0.4, 0.5) is 0 Å². The number of hydrogen-bond acceptors (Lipinski definition) is 4. The van der Waals surface area contributed by atoms with Gasteiger partial charge in [-0.25, -0.2) is 0 Å². The molecule has 152 valence electrons. The molecule has 1 saturated carbocycles. The number of nitrogens with one attached hydrogen (secondary N) is 2. The Labute approximate surface area is 179 Å². The SMILES string of the molecule is CN=C(NCc1ccc(OC)c(OC2CCCC2)c1)NCC1CCCO1.I. The van der Waals surface area contributed by atoms with Crippen LogP contribution in [0.2, 0.25) is 0 Å². The molecule has 0 bridgehead atoms. The summed E-state index contributed by atoms with van der Waals surface area (Å²) in [5.74, 6) is 2.41. The molecule has 1 aromatic rings. The molecule has 0 spiro atoms. The standard InChI is InChI=1S/C20H31N3O3.HI/c1-21-20(23-14-17-8-5-11-25-17)22-13-15-9-10-18(24-2)19(12-15)26-16-6-3-4-7-16;/h9-10,12,16-17H,3-8,11,13-14H2,1-2H3,(H2,21,22,23);1H. The fraction of sp³-hybridized carbons (Fsp3) is 0.650. The van der Waals surface area contributed by atoms with Crippen LogP contribution in [-0.4, -0.2) is 45.5 Å². The largest absolute Gasteiger partial charge is 0.493 e. The van der Waals surface area contributed by atoms with Crippen molar-refractivity contribution in [2.75, 3.05) is 27.3 Å². The van der Waals surface area contributed by atoms with Crippen molar-refractivity contribution in [1.29, 1.82) is 0 Å². The van der Waals surface area contributed by atoms with Gasteiger partial charge in [0.1, 0.15) is 0 Å². The van der Waals surface area contributed by atoms with E-state index >= 15 is 0 Å². The zero-order chi connectivity index (χ0) is 18.2. The lowest BCUT2D eigenvalue weighted by Gasteiger charge is -2.18. The number of halogens is 1. The van der Waals surface area contributed by atoms with Gasteiger partial charge in [0.15, 0.2) is 17.5 Å². The molecule has 1 atom stereocenters. The van der Waals surface area contributed by atoms with E-state index in [0.29, 0.717) is 18.8 Å². The van der Waals surface area contributed by atoms with E-state index in [-0.39, 0.29) is 24.0 Å². The summed E-state index contributed by atoms with van der Waals surface area (Å²) in [5.41, 5.74) is 1.14. The number of benzene rings is 1. The zero-order valence-electron chi connectivity index (χ0n) is 16.3. The molecular weight excluding hydrogens is 457 g/mol. The summed E-state index contributed by atoms with van der Waals surface area (Å²) >= 11 is 0. The van der Waals surface area contributed by atoms with Crippen LogP contribution in [0.5, 0.6) is 11.5 Å². The van der Waals surface area contributed by atoms with Crippen molar-refractivity contribution in [2.24, 2.45) is 4.99 Å². The van der Waals surface area contributed by atoms with Gasteiger partial charge in [-0.15, -0.1) is 24.0 Å². The second-order valence-corrected chi connectivity index (χ2v) is 6.95. The monoisotopic (exact) mass is 489 g/mol. The number of nitrogens with zero attached hydrogens (tertiary/aromatic N) is 1. The second kappa shape index (κ2) is 11.6. The van der Waals surface area contributed by atoms with Crippen LogP contribution in [0.25, 0.3) is 0 Å². The van der Waals surface area contributed by atoms with Gasteiger partial charge >= 0.3 is 0 Å². The summed E-state index contributed by atoms with van der Waals surface area (Å²) in [7, 11) is 3.47. The number of methoxy groups -OCH3 is 1.